The summed E-state index contributed by atoms with van der Waals surface area (Å²) in [6.07, 6.45) is 0. The number of nitrogens with zero attached hydrogens (tertiary/aromatic N) is 1. The lowest BCUT2D eigenvalue weighted by Gasteiger charge is -2.17. The van der Waals surface area contributed by atoms with Gasteiger partial charge in [-0.05, 0) is 24.7 Å². The molecular formula is C18H21ClN2O2. The molecule has 0 heterocycles. The molecule has 5 heteroatoms. The summed E-state index contributed by atoms with van der Waals surface area (Å²) >= 11 is 6.14. The van der Waals surface area contributed by atoms with Gasteiger partial charge in [-0.2, -0.15) is 0 Å². The second-order valence-electron chi connectivity index (χ2n) is 5.35. The Bertz CT molecular complexity index is 661. The normalized spacial score (nSPS) is 10.6. The lowest BCUT2D eigenvalue weighted by atomic mass is 10.2. The van der Waals surface area contributed by atoms with Crippen LogP contribution >= 0.6 is 11.6 Å². The molecule has 0 fully saturated rings. The molecule has 0 aliphatic carbocycles. The highest BCUT2D eigenvalue weighted by Crippen LogP contribution is 2.17. The van der Waals surface area contributed by atoms with Gasteiger partial charge in [0.25, 0.3) is 0 Å². The summed E-state index contributed by atoms with van der Waals surface area (Å²) in [6, 6.07) is 15.3. The zero-order valence-electron chi connectivity index (χ0n) is 13.4. The summed E-state index contributed by atoms with van der Waals surface area (Å²) in [7, 11) is 3.52. The van der Waals surface area contributed by atoms with Crippen LogP contribution in [0, 0.1) is 0 Å². The second-order valence-corrected chi connectivity index (χ2v) is 5.76. The molecule has 122 valence electrons. The minimum absolute atomic E-state index is 0.0366. The monoisotopic (exact) mass is 332 g/mol. The van der Waals surface area contributed by atoms with E-state index in [1.807, 2.05) is 60.5 Å². The Kier molecular flexibility index (Phi) is 6.44. The average Bonchev–Trinajstić information content (AvgIpc) is 2.55. The topological polar surface area (TPSA) is 41.6 Å². The Labute approximate surface area is 142 Å². The van der Waals surface area contributed by atoms with E-state index in [2.05, 4.69) is 5.32 Å². The van der Waals surface area contributed by atoms with E-state index in [-0.39, 0.29) is 5.91 Å². The van der Waals surface area contributed by atoms with Crippen LogP contribution in [0.15, 0.2) is 48.5 Å². The average molecular weight is 333 g/mol. The van der Waals surface area contributed by atoms with E-state index in [1.165, 1.54) is 0 Å². The number of rotatable bonds is 7. The Morgan fingerprint density at radius 3 is 2.48 bits per heavy atom. The number of halogens is 1. The van der Waals surface area contributed by atoms with Crippen molar-refractivity contribution in [2.75, 3.05) is 20.7 Å². The first-order valence-corrected chi connectivity index (χ1v) is 7.78. The molecule has 0 aliphatic rings. The Morgan fingerprint density at radius 1 is 1.13 bits per heavy atom. The maximum Gasteiger partial charge on any atom is 0.234 e. The lowest BCUT2D eigenvalue weighted by molar-refractivity contribution is -0.122. The number of ether oxygens (including phenoxy) is 1. The van der Waals surface area contributed by atoms with Crippen molar-refractivity contribution in [2.24, 2.45) is 0 Å². The zero-order valence-corrected chi connectivity index (χ0v) is 14.1. The van der Waals surface area contributed by atoms with Gasteiger partial charge in [-0.25, -0.2) is 0 Å². The molecule has 2 aromatic carbocycles. The maximum atomic E-state index is 12.1. The molecule has 0 radical (unpaired) electrons. The number of methoxy groups -OCH3 is 1. The van der Waals surface area contributed by atoms with Crippen molar-refractivity contribution in [3.05, 3.63) is 64.7 Å². The van der Waals surface area contributed by atoms with Gasteiger partial charge in [-0.15, -0.1) is 0 Å². The van der Waals surface area contributed by atoms with Crippen molar-refractivity contribution < 1.29 is 9.53 Å². The molecule has 0 unspecified atom stereocenters. The van der Waals surface area contributed by atoms with Gasteiger partial charge in [0.15, 0.2) is 0 Å². The van der Waals surface area contributed by atoms with Gasteiger partial charge >= 0.3 is 0 Å². The predicted molar refractivity (Wildman–Crippen MR) is 92.6 cm³/mol. The summed E-state index contributed by atoms with van der Waals surface area (Å²) in [5, 5.41) is 3.63. The van der Waals surface area contributed by atoms with Gasteiger partial charge in [-0.1, -0.05) is 48.0 Å². The number of carbonyl (C=O) groups is 1. The summed E-state index contributed by atoms with van der Waals surface area (Å²) in [4.78, 5) is 14.0. The Hall–Kier alpha value is -2.04. The van der Waals surface area contributed by atoms with Gasteiger partial charge < -0.3 is 10.1 Å². The van der Waals surface area contributed by atoms with Crippen LogP contribution in [-0.2, 0) is 17.9 Å². The summed E-state index contributed by atoms with van der Waals surface area (Å²) in [5.41, 5.74) is 1.96. The fourth-order valence-electron chi connectivity index (χ4n) is 2.32. The first-order chi connectivity index (χ1) is 11.1. The molecule has 1 N–H and O–H groups in total. The molecule has 4 nitrogen and oxygen atoms in total. The fourth-order valence-corrected chi connectivity index (χ4v) is 2.51. The number of benzene rings is 2. The first kappa shape index (κ1) is 17.3. The summed E-state index contributed by atoms with van der Waals surface area (Å²) in [5.74, 6) is 0.739. The number of amides is 1. The van der Waals surface area contributed by atoms with Crippen molar-refractivity contribution in [3.63, 3.8) is 0 Å². The number of carbonyl (C=O) groups excluding carboxylic acids is 1. The van der Waals surface area contributed by atoms with Crippen LogP contribution in [-0.4, -0.2) is 31.5 Å². The molecular weight excluding hydrogens is 312 g/mol. The van der Waals surface area contributed by atoms with E-state index in [4.69, 9.17) is 16.3 Å². The van der Waals surface area contributed by atoms with E-state index in [9.17, 15) is 4.79 Å². The summed E-state index contributed by atoms with van der Waals surface area (Å²) in [6.45, 7) is 1.38. The van der Waals surface area contributed by atoms with Crippen molar-refractivity contribution in [1.82, 2.24) is 10.2 Å². The van der Waals surface area contributed by atoms with E-state index in [0.29, 0.717) is 24.7 Å². The van der Waals surface area contributed by atoms with Crippen molar-refractivity contribution >= 4 is 17.5 Å². The summed E-state index contributed by atoms with van der Waals surface area (Å²) < 4.78 is 5.27. The molecule has 23 heavy (non-hydrogen) atoms. The highest BCUT2D eigenvalue weighted by Gasteiger charge is 2.09. The quantitative estimate of drug-likeness (QED) is 0.847. The van der Waals surface area contributed by atoms with Gasteiger partial charge in [0.05, 0.1) is 13.7 Å². The van der Waals surface area contributed by atoms with Crippen molar-refractivity contribution in [3.8, 4) is 5.75 Å². The van der Waals surface area contributed by atoms with E-state index in [0.717, 1.165) is 16.9 Å². The molecule has 0 aliphatic heterocycles. The fraction of sp³-hybridized carbons (Fsp3) is 0.278. The van der Waals surface area contributed by atoms with Crippen molar-refractivity contribution in [1.29, 1.82) is 0 Å². The molecule has 0 aromatic heterocycles. The SMILES string of the molecule is COc1ccccc1CNC(=O)CN(C)Cc1ccccc1Cl. The van der Waals surface area contributed by atoms with Crippen LogP contribution in [0.5, 0.6) is 5.75 Å². The van der Waals surface area contributed by atoms with Crippen LogP contribution in [0.2, 0.25) is 5.02 Å². The van der Waals surface area contributed by atoms with Gasteiger partial charge in [-0.3, -0.25) is 9.69 Å². The third-order valence-corrected chi connectivity index (χ3v) is 3.85. The third kappa shape index (κ3) is 5.27. The van der Waals surface area contributed by atoms with Crippen molar-refractivity contribution in [2.45, 2.75) is 13.1 Å². The standard InChI is InChI=1S/C18H21ClN2O2/c1-21(12-15-8-3-5-9-16(15)19)13-18(22)20-11-14-7-4-6-10-17(14)23-2/h3-10H,11-13H2,1-2H3,(H,20,22). The van der Waals surface area contributed by atoms with E-state index < -0.39 is 0 Å². The van der Waals surface area contributed by atoms with Gasteiger partial charge in [0, 0.05) is 23.7 Å². The first-order valence-electron chi connectivity index (χ1n) is 7.40. The molecule has 0 bridgehead atoms. The van der Waals surface area contributed by atoms with Gasteiger partial charge in [0.1, 0.15) is 5.75 Å². The predicted octanol–water partition coefficient (Wildman–Crippen LogP) is 3.10. The zero-order chi connectivity index (χ0) is 16.7. The highest BCUT2D eigenvalue weighted by molar-refractivity contribution is 6.31. The van der Waals surface area contributed by atoms with E-state index in [1.54, 1.807) is 7.11 Å². The maximum absolute atomic E-state index is 12.1. The number of hydrogen-bond acceptors (Lipinski definition) is 3. The Balaban J connectivity index is 1.83. The number of para-hydroxylation sites is 1. The molecule has 0 spiro atoms. The van der Waals surface area contributed by atoms with Crippen LogP contribution in [0.25, 0.3) is 0 Å². The molecule has 1 amide bonds. The van der Waals surface area contributed by atoms with E-state index >= 15 is 0 Å². The highest BCUT2D eigenvalue weighted by atomic mass is 35.5. The van der Waals surface area contributed by atoms with Gasteiger partial charge in [0.2, 0.25) is 5.91 Å². The minimum atomic E-state index is -0.0366. The third-order valence-electron chi connectivity index (χ3n) is 3.48. The number of nitrogens with one attached hydrogen (secondary N) is 1. The van der Waals surface area contributed by atoms with Crippen LogP contribution in [0.4, 0.5) is 0 Å². The molecule has 2 rings (SSSR count). The minimum Gasteiger partial charge on any atom is -0.496 e. The van der Waals surface area contributed by atoms with Crippen LogP contribution in [0.3, 0.4) is 0 Å². The molecule has 0 atom stereocenters. The molecule has 2 aromatic rings. The van der Waals surface area contributed by atoms with Crippen LogP contribution in [0.1, 0.15) is 11.1 Å². The largest absolute Gasteiger partial charge is 0.496 e. The number of likely N-dealkylation sites (N-methyl/N-ethyl adjacent to an activating group) is 1. The molecule has 0 saturated carbocycles. The smallest absolute Gasteiger partial charge is 0.234 e. The second kappa shape index (κ2) is 8.56. The lowest BCUT2D eigenvalue weighted by Crippen LogP contribution is -2.34. The number of hydrogen-bond donors (Lipinski definition) is 1. The van der Waals surface area contributed by atoms with Crippen LogP contribution < -0.4 is 10.1 Å². The Morgan fingerprint density at radius 2 is 1.78 bits per heavy atom. The molecule has 0 saturated heterocycles.